The SMILES string of the molecule is Cc1ccc(C(=O)NCC(Oc2ccc(F)cc2)C(=O)O)n1C. The smallest absolute Gasteiger partial charge is 0.346 e. The van der Waals surface area contributed by atoms with E-state index in [0.717, 1.165) is 5.69 Å². The number of carboxylic acids is 1. The van der Waals surface area contributed by atoms with E-state index in [9.17, 15) is 19.1 Å². The van der Waals surface area contributed by atoms with Gasteiger partial charge in [0.2, 0.25) is 6.10 Å². The molecule has 1 aromatic carbocycles. The number of benzene rings is 1. The predicted octanol–water partition coefficient (Wildman–Crippen LogP) is 1.73. The molecule has 0 radical (unpaired) electrons. The van der Waals surface area contributed by atoms with Crippen LogP contribution in [0.5, 0.6) is 5.75 Å². The molecule has 1 heterocycles. The number of amides is 1. The van der Waals surface area contributed by atoms with Crippen molar-refractivity contribution in [3.63, 3.8) is 0 Å². The molecule has 1 atom stereocenters. The van der Waals surface area contributed by atoms with Gasteiger partial charge in [-0.15, -0.1) is 0 Å². The van der Waals surface area contributed by atoms with Crippen LogP contribution in [0.2, 0.25) is 0 Å². The van der Waals surface area contributed by atoms with Crippen LogP contribution in [-0.2, 0) is 11.8 Å². The largest absolute Gasteiger partial charge is 0.478 e. The minimum absolute atomic E-state index is 0.211. The average Bonchev–Trinajstić information content (AvgIpc) is 2.84. The third kappa shape index (κ3) is 4.09. The fourth-order valence-corrected chi connectivity index (χ4v) is 1.97. The molecule has 6 nitrogen and oxygen atoms in total. The first-order valence-corrected chi connectivity index (χ1v) is 6.94. The molecule has 2 aromatic rings. The van der Waals surface area contributed by atoms with Crippen molar-refractivity contribution in [2.75, 3.05) is 6.54 Å². The molecule has 7 heteroatoms. The lowest BCUT2D eigenvalue weighted by atomic mass is 10.3. The maximum atomic E-state index is 12.8. The van der Waals surface area contributed by atoms with Gasteiger partial charge < -0.3 is 19.7 Å². The van der Waals surface area contributed by atoms with E-state index in [0.29, 0.717) is 5.69 Å². The van der Waals surface area contributed by atoms with Gasteiger partial charge in [-0.05, 0) is 43.3 Å². The molecule has 1 amide bonds. The molecule has 0 aliphatic rings. The van der Waals surface area contributed by atoms with Crippen LogP contribution < -0.4 is 10.1 Å². The monoisotopic (exact) mass is 320 g/mol. The average molecular weight is 320 g/mol. The van der Waals surface area contributed by atoms with E-state index in [-0.39, 0.29) is 12.3 Å². The molecule has 0 saturated heterocycles. The number of rotatable bonds is 6. The fraction of sp³-hybridized carbons (Fsp3) is 0.250. The van der Waals surface area contributed by atoms with E-state index >= 15 is 0 Å². The van der Waals surface area contributed by atoms with Crippen molar-refractivity contribution in [2.45, 2.75) is 13.0 Å². The Hall–Kier alpha value is -2.83. The standard InChI is InChI=1S/C16H17FN2O4/c1-10-3-8-13(19(10)2)15(20)18-9-14(16(21)22)23-12-6-4-11(17)5-7-12/h3-8,14H,9H2,1-2H3,(H,18,20)(H,21,22). The molecule has 2 N–H and O–H groups in total. The molecule has 122 valence electrons. The maximum Gasteiger partial charge on any atom is 0.346 e. The van der Waals surface area contributed by atoms with Gasteiger partial charge in [0.15, 0.2) is 0 Å². The summed E-state index contributed by atoms with van der Waals surface area (Å²) in [6, 6.07) is 8.43. The zero-order valence-corrected chi connectivity index (χ0v) is 12.7. The Balaban J connectivity index is 2.00. The molecule has 0 spiro atoms. The van der Waals surface area contributed by atoms with Crippen molar-refractivity contribution < 1.29 is 23.8 Å². The number of hydrogen-bond donors (Lipinski definition) is 2. The number of aryl methyl sites for hydroxylation is 1. The number of ether oxygens (including phenoxy) is 1. The lowest BCUT2D eigenvalue weighted by Crippen LogP contribution is -2.40. The minimum Gasteiger partial charge on any atom is -0.478 e. The second-order valence-electron chi connectivity index (χ2n) is 5.03. The summed E-state index contributed by atoms with van der Waals surface area (Å²) in [5.41, 5.74) is 1.33. The van der Waals surface area contributed by atoms with Gasteiger partial charge >= 0.3 is 5.97 Å². The quantitative estimate of drug-likeness (QED) is 0.849. The van der Waals surface area contributed by atoms with Crippen molar-refractivity contribution in [3.05, 3.63) is 53.6 Å². The highest BCUT2D eigenvalue weighted by atomic mass is 19.1. The number of carbonyl (C=O) groups is 2. The molecule has 0 bridgehead atoms. The number of hydrogen-bond acceptors (Lipinski definition) is 3. The Labute approximate surface area is 132 Å². The van der Waals surface area contributed by atoms with Crippen molar-refractivity contribution in [2.24, 2.45) is 7.05 Å². The fourth-order valence-electron chi connectivity index (χ4n) is 1.97. The molecule has 0 saturated carbocycles. The molecule has 0 aliphatic carbocycles. The first-order valence-electron chi connectivity index (χ1n) is 6.94. The van der Waals surface area contributed by atoms with E-state index in [1.54, 1.807) is 23.7 Å². The number of aromatic nitrogens is 1. The van der Waals surface area contributed by atoms with Crippen LogP contribution in [-0.4, -0.2) is 34.2 Å². The van der Waals surface area contributed by atoms with E-state index in [2.05, 4.69) is 5.32 Å². The molecule has 0 aliphatic heterocycles. The number of carboxylic acid groups (broad SMARTS) is 1. The van der Waals surface area contributed by atoms with E-state index in [4.69, 9.17) is 4.74 Å². The number of nitrogens with zero attached hydrogens (tertiary/aromatic N) is 1. The zero-order chi connectivity index (χ0) is 17.0. The Morgan fingerprint density at radius 3 is 2.43 bits per heavy atom. The Bertz CT molecular complexity index is 709. The molecule has 1 unspecified atom stereocenters. The topological polar surface area (TPSA) is 80.6 Å². The number of aliphatic carboxylic acids is 1. The predicted molar refractivity (Wildman–Crippen MR) is 80.9 cm³/mol. The van der Waals surface area contributed by atoms with Crippen molar-refractivity contribution in [1.29, 1.82) is 0 Å². The van der Waals surface area contributed by atoms with Gasteiger partial charge in [-0.2, -0.15) is 0 Å². The normalized spacial score (nSPS) is 11.8. The summed E-state index contributed by atoms with van der Waals surface area (Å²) in [4.78, 5) is 23.3. The van der Waals surface area contributed by atoms with Crippen molar-refractivity contribution in [1.82, 2.24) is 9.88 Å². The van der Waals surface area contributed by atoms with Gasteiger partial charge in [0.1, 0.15) is 17.3 Å². The van der Waals surface area contributed by atoms with E-state index < -0.39 is 23.8 Å². The molecule has 2 rings (SSSR count). The maximum absolute atomic E-state index is 12.8. The summed E-state index contributed by atoms with van der Waals surface area (Å²) in [6.45, 7) is 1.64. The third-order valence-corrected chi connectivity index (χ3v) is 3.42. The highest BCUT2D eigenvalue weighted by Crippen LogP contribution is 2.13. The summed E-state index contributed by atoms with van der Waals surface area (Å²) in [5.74, 6) is -1.85. The van der Waals surface area contributed by atoms with Crippen LogP contribution in [0.1, 0.15) is 16.2 Å². The summed E-state index contributed by atoms with van der Waals surface area (Å²) < 4.78 is 19.8. The van der Waals surface area contributed by atoms with Crippen LogP contribution in [0.3, 0.4) is 0 Å². The molecular formula is C16H17FN2O4. The number of halogens is 1. The first kappa shape index (κ1) is 16.5. The zero-order valence-electron chi connectivity index (χ0n) is 12.7. The highest BCUT2D eigenvalue weighted by molar-refractivity contribution is 5.93. The first-order chi connectivity index (χ1) is 10.9. The highest BCUT2D eigenvalue weighted by Gasteiger charge is 2.21. The van der Waals surface area contributed by atoms with E-state index in [1.165, 1.54) is 24.3 Å². The van der Waals surface area contributed by atoms with Gasteiger partial charge in [-0.25, -0.2) is 9.18 Å². The van der Waals surface area contributed by atoms with Crippen LogP contribution in [0, 0.1) is 12.7 Å². The van der Waals surface area contributed by atoms with Gasteiger partial charge in [0.25, 0.3) is 5.91 Å². The van der Waals surface area contributed by atoms with Gasteiger partial charge in [-0.1, -0.05) is 0 Å². The third-order valence-electron chi connectivity index (χ3n) is 3.42. The van der Waals surface area contributed by atoms with Gasteiger partial charge in [0, 0.05) is 12.7 Å². The van der Waals surface area contributed by atoms with Crippen LogP contribution in [0.4, 0.5) is 4.39 Å². The Morgan fingerprint density at radius 1 is 1.26 bits per heavy atom. The second-order valence-corrected chi connectivity index (χ2v) is 5.03. The van der Waals surface area contributed by atoms with Crippen molar-refractivity contribution in [3.8, 4) is 5.75 Å². The van der Waals surface area contributed by atoms with Crippen LogP contribution in [0.25, 0.3) is 0 Å². The van der Waals surface area contributed by atoms with Crippen LogP contribution in [0.15, 0.2) is 36.4 Å². The second kappa shape index (κ2) is 6.95. The molecule has 0 fully saturated rings. The number of nitrogens with one attached hydrogen (secondary N) is 1. The summed E-state index contributed by atoms with van der Waals surface area (Å²) >= 11 is 0. The van der Waals surface area contributed by atoms with Crippen molar-refractivity contribution >= 4 is 11.9 Å². The lowest BCUT2D eigenvalue weighted by molar-refractivity contribution is -0.144. The summed E-state index contributed by atoms with van der Waals surface area (Å²) in [5, 5.41) is 11.7. The number of carbonyl (C=O) groups excluding carboxylic acids is 1. The molecule has 23 heavy (non-hydrogen) atoms. The Morgan fingerprint density at radius 2 is 1.91 bits per heavy atom. The van der Waals surface area contributed by atoms with E-state index in [1.807, 2.05) is 6.92 Å². The molecular weight excluding hydrogens is 303 g/mol. The van der Waals surface area contributed by atoms with Gasteiger partial charge in [-0.3, -0.25) is 4.79 Å². The van der Waals surface area contributed by atoms with Gasteiger partial charge in [0.05, 0.1) is 6.54 Å². The Kier molecular flexibility index (Phi) is 5.00. The summed E-state index contributed by atoms with van der Waals surface area (Å²) in [7, 11) is 1.74. The summed E-state index contributed by atoms with van der Waals surface area (Å²) in [6.07, 6.45) is -1.27. The lowest BCUT2D eigenvalue weighted by Gasteiger charge is -2.16. The minimum atomic E-state index is -1.27. The van der Waals surface area contributed by atoms with Crippen LogP contribution >= 0.6 is 0 Å². The molecule has 1 aromatic heterocycles.